The topological polar surface area (TPSA) is 78.0 Å². The molecule has 12 heteroatoms. The quantitative estimate of drug-likeness (QED) is 0.501. The maximum atomic E-state index is 13.0. The lowest BCUT2D eigenvalue weighted by molar-refractivity contribution is 0.0385. The van der Waals surface area contributed by atoms with E-state index in [0.29, 0.717) is 15.1 Å². The van der Waals surface area contributed by atoms with Crippen LogP contribution in [0.1, 0.15) is 5.69 Å². The highest BCUT2D eigenvalue weighted by molar-refractivity contribution is 8.15. The number of H-pyrrole nitrogens is 1. The predicted molar refractivity (Wildman–Crippen MR) is 143 cm³/mol. The lowest BCUT2D eigenvalue weighted by Gasteiger charge is -2.28. The summed E-state index contributed by atoms with van der Waals surface area (Å²) >= 11 is 3.02. The van der Waals surface area contributed by atoms with Gasteiger partial charge in [0.2, 0.25) is 0 Å². The standard InChI is InChI=1S/C21H24N4O3S3.2ClH/c1-24(31(26,27)19-6-3-11-29-19)18-5-2-4-15-12-17(23-20(15)18)21-22-13-16(30-21)14-25-7-9-28-10-8-25;;/h2-6,11-12,16,23H,7-10,13-14H2,1H3;2*1H. The Balaban J connectivity index is 0.00000153. The van der Waals surface area contributed by atoms with Crippen molar-refractivity contribution >= 4 is 79.6 Å². The highest BCUT2D eigenvalue weighted by Gasteiger charge is 2.27. The number of rotatable bonds is 6. The van der Waals surface area contributed by atoms with Gasteiger partial charge in [0.15, 0.2) is 0 Å². The minimum absolute atomic E-state index is 0. The van der Waals surface area contributed by atoms with Gasteiger partial charge in [-0.1, -0.05) is 30.0 Å². The van der Waals surface area contributed by atoms with Gasteiger partial charge in [-0.25, -0.2) is 8.42 Å². The molecular formula is C21H26Cl2N4O3S3. The Bertz CT molecular complexity index is 1210. The van der Waals surface area contributed by atoms with Crippen LogP contribution < -0.4 is 4.31 Å². The predicted octanol–water partition coefficient (Wildman–Crippen LogP) is 4.09. The van der Waals surface area contributed by atoms with Crippen molar-refractivity contribution in [1.29, 1.82) is 0 Å². The molecule has 1 fully saturated rings. The highest BCUT2D eigenvalue weighted by Crippen LogP contribution is 2.33. The fourth-order valence-electron chi connectivity index (χ4n) is 3.93. The molecule has 2 aromatic heterocycles. The summed E-state index contributed by atoms with van der Waals surface area (Å²) in [5.41, 5.74) is 2.38. The number of aliphatic imine (C=N–C) groups is 1. The lowest BCUT2D eigenvalue weighted by atomic mass is 10.2. The van der Waals surface area contributed by atoms with Crippen LogP contribution in [-0.2, 0) is 14.8 Å². The molecule has 1 N–H and O–H groups in total. The number of ether oxygens (including phenoxy) is 1. The minimum atomic E-state index is -3.59. The number of halogens is 2. The second-order valence-electron chi connectivity index (χ2n) is 7.63. The number of nitrogens with one attached hydrogen (secondary N) is 1. The van der Waals surface area contributed by atoms with Crippen LogP contribution >= 0.6 is 47.9 Å². The summed E-state index contributed by atoms with van der Waals surface area (Å²) in [6, 6.07) is 11.2. The number of para-hydroxylation sites is 1. The molecule has 0 radical (unpaired) electrons. The summed E-state index contributed by atoms with van der Waals surface area (Å²) in [5, 5.41) is 4.17. The van der Waals surface area contributed by atoms with Crippen molar-refractivity contribution in [2.75, 3.05) is 50.7 Å². The van der Waals surface area contributed by atoms with Crippen LogP contribution in [0.4, 0.5) is 5.69 Å². The third kappa shape index (κ3) is 5.37. The molecule has 5 rings (SSSR count). The first-order valence-electron chi connectivity index (χ1n) is 10.2. The molecule has 0 saturated carbocycles. The van der Waals surface area contributed by atoms with Gasteiger partial charge in [-0.3, -0.25) is 14.2 Å². The van der Waals surface area contributed by atoms with Gasteiger partial charge in [-0.2, -0.15) is 0 Å². The van der Waals surface area contributed by atoms with Gasteiger partial charge in [0.1, 0.15) is 9.25 Å². The van der Waals surface area contributed by atoms with Crippen LogP contribution in [0, 0.1) is 0 Å². The van der Waals surface area contributed by atoms with Crippen molar-refractivity contribution < 1.29 is 13.2 Å². The Morgan fingerprint density at radius 2 is 2.00 bits per heavy atom. The van der Waals surface area contributed by atoms with Gasteiger partial charge in [0.05, 0.1) is 36.7 Å². The average molecular weight is 550 g/mol. The summed E-state index contributed by atoms with van der Waals surface area (Å²) in [5.74, 6) is 0. The first-order chi connectivity index (χ1) is 15.0. The van der Waals surface area contributed by atoms with E-state index >= 15 is 0 Å². The zero-order valence-corrected chi connectivity index (χ0v) is 22.1. The fourth-order valence-corrected chi connectivity index (χ4v) is 7.43. The Kier molecular flexibility index (Phi) is 8.77. The van der Waals surface area contributed by atoms with Gasteiger partial charge in [-0.05, 0) is 23.6 Å². The van der Waals surface area contributed by atoms with Crippen LogP contribution in [0.2, 0.25) is 0 Å². The molecule has 3 aromatic rings. The number of aromatic amines is 1. The zero-order valence-electron chi connectivity index (χ0n) is 18.0. The van der Waals surface area contributed by atoms with Crippen LogP contribution in [-0.4, -0.2) is 75.0 Å². The molecule has 4 heterocycles. The van der Waals surface area contributed by atoms with E-state index in [1.807, 2.05) is 18.2 Å². The molecule has 0 bridgehead atoms. The summed E-state index contributed by atoms with van der Waals surface area (Å²) in [6.45, 7) is 5.37. The Hall–Kier alpha value is -1.27. The van der Waals surface area contributed by atoms with Gasteiger partial charge < -0.3 is 9.72 Å². The Morgan fingerprint density at radius 3 is 2.73 bits per heavy atom. The molecule has 33 heavy (non-hydrogen) atoms. The summed E-state index contributed by atoms with van der Waals surface area (Å²) in [4.78, 5) is 10.7. The molecule has 1 unspecified atom stereocenters. The average Bonchev–Trinajstić information content (AvgIpc) is 3.53. The number of benzene rings is 1. The SMILES string of the molecule is CN(c1cccc2cc(C3=NCC(CN4CCOCC4)S3)[nH]c12)S(=O)(=O)c1cccs1.Cl.Cl. The van der Waals surface area contributed by atoms with Gasteiger partial charge in [-0.15, -0.1) is 36.2 Å². The normalized spacial score (nSPS) is 19.1. The number of hydrogen-bond acceptors (Lipinski definition) is 7. The maximum absolute atomic E-state index is 13.0. The molecular weight excluding hydrogens is 523 g/mol. The molecule has 0 amide bonds. The minimum Gasteiger partial charge on any atom is -0.379 e. The third-order valence-corrected chi connectivity index (χ3v) is 9.94. The third-order valence-electron chi connectivity index (χ3n) is 5.60. The number of hydrogen-bond donors (Lipinski definition) is 1. The second kappa shape index (κ2) is 11.0. The van der Waals surface area contributed by atoms with Gasteiger partial charge in [0.25, 0.3) is 10.0 Å². The number of anilines is 1. The van der Waals surface area contributed by atoms with Crippen molar-refractivity contribution in [2.45, 2.75) is 9.46 Å². The van der Waals surface area contributed by atoms with E-state index in [0.717, 1.165) is 61.0 Å². The Labute approximate surface area is 214 Å². The molecule has 7 nitrogen and oxygen atoms in total. The molecule has 2 aliphatic rings. The van der Waals surface area contributed by atoms with Crippen molar-refractivity contribution in [2.24, 2.45) is 4.99 Å². The Morgan fingerprint density at radius 1 is 1.21 bits per heavy atom. The van der Waals surface area contributed by atoms with E-state index in [9.17, 15) is 8.42 Å². The van der Waals surface area contributed by atoms with Gasteiger partial charge in [0, 0.05) is 37.3 Å². The number of nitrogens with zero attached hydrogens (tertiary/aromatic N) is 3. The van der Waals surface area contributed by atoms with Crippen molar-refractivity contribution in [1.82, 2.24) is 9.88 Å². The van der Waals surface area contributed by atoms with E-state index in [2.05, 4.69) is 16.0 Å². The molecule has 1 aromatic carbocycles. The largest absolute Gasteiger partial charge is 0.379 e. The van der Waals surface area contributed by atoms with Crippen molar-refractivity contribution in [3.05, 3.63) is 47.5 Å². The molecule has 180 valence electrons. The number of thioether (sulfide) groups is 1. The molecule has 0 aliphatic carbocycles. The summed E-state index contributed by atoms with van der Waals surface area (Å²) in [6.07, 6.45) is 0. The van der Waals surface area contributed by atoms with Crippen LogP contribution in [0.5, 0.6) is 0 Å². The molecule has 0 spiro atoms. The molecule has 2 aliphatic heterocycles. The number of morpholine rings is 1. The van der Waals surface area contributed by atoms with E-state index < -0.39 is 10.0 Å². The van der Waals surface area contributed by atoms with Crippen LogP contribution in [0.3, 0.4) is 0 Å². The van der Waals surface area contributed by atoms with E-state index in [4.69, 9.17) is 9.73 Å². The smallest absolute Gasteiger partial charge is 0.273 e. The molecule has 1 atom stereocenters. The number of aromatic nitrogens is 1. The first kappa shape index (κ1) is 26.3. The number of fused-ring (bicyclic) bond motifs is 1. The summed E-state index contributed by atoms with van der Waals surface area (Å²) < 4.78 is 33.2. The van der Waals surface area contributed by atoms with Crippen molar-refractivity contribution in [3.8, 4) is 0 Å². The zero-order chi connectivity index (χ0) is 21.4. The number of sulfonamides is 1. The van der Waals surface area contributed by atoms with Crippen molar-refractivity contribution in [3.63, 3.8) is 0 Å². The fraction of sp³-hybridized carbons (Fsp3) is 0.381. The first-order valence-corrected chi connectivity index (χ1v) is 13.4. The molecule has 1 saturated heterocycles. The van der Waals surface area contributed by atoms with E-state index in [-0.39, 0.29) is 24.8 Å². The van der Waals surface area contributed by atoms with E-state index in [1.54, 1.807) is 36.3 Å². The lowest BCUT2D eigenvalue weighted by Crippen LogP contribution is -2.40. The number of thiophene rings is 1. The van der Waals surface area contributed by atoms with E-state index in [1.165, 1.54) is 15.6 Å². The highest BCUT2D eigenvalue weighted by atomic mass is 35.5. The van der Waals surface area contributed by atoms with Gasteiger partial charge >= 0.3 is 0 Å². The van der Waals surface area contributed by atoms with Crippen LogP contribution in [0.15, 0.2) is 51.0 Å². The monoisotopic (exact) mass is 548 g/mol. The van der Waals surface area contributed by atoms with Crippen LogP contribution in [0.25, 0.3) is 10.9 Å². The second-order valence-corrected chi connectivity index (χ2v) is 12.1. The summed E-state index contributed by atoms with van der Waals surface area (Å²) in [7, 11) is -1.99. The maximum Gasteiger partial charge on any atom is 0.273 e.